The fraction of sp³-hybridized carbons (Fsp3) is 0.265. The molecule has 53 heavy (non-hydrogen) atoms. The molecule has 280 valence electrons. The van der Waals surface area contributed by atoms with Gasteiger partial charge in [0.25, 0.3) is 5.91 Å². The molecular weight excluding hydrogens is 747 g/mol. The molecule has 3 aromatic carbocycles. The molecule has 19 heteroatoms. The Kier molecular flexibility index (Phi) is 11.2. The zero-order valence-corrected chi connectivity index (χ0v) is 27.7. The summed E-state index contributed by atoms with van der Waals surface area (Å²) in [6.45, 7) is 2.14. The summed E-state index contributed by atoms with van der Waals surface area (Å²) < 4.78 is 106. The van der Waals surface area contributed by atoms with Crippen LogP contribution < -0.4 is 15.5 Å². The van der Waals surface area contributed by atoms with Crippen molar-refractivity contribution in [2.45, 2.75) is 31.4 Å². The first kappa shape index (κ1) is 38.8. The van der Waals surface area contributed by atoms with Gasteiger partial charge in [-0.2, -0.15) is 44.5 Å². The lowest BCUT2D eigenvalue weighted by Gasteiger charge is -2.37. The number of carbonyl (C=O) groups is 3. The minimum atomic E-state index is -5.77. The van der Waals surface area contributed by atoms with Crippen LogP contribution in [-0.4, -0.2) is 70.9 Å². The summed E-state index contributed by atoms with van der Waals surface area (Å²) in [5.74, 6) is -6.15. The van der Waals surface area contributed by atoms with Crippen molar-refractivity contribution in [3.05, 3.63) is 100 Å². The van der Waals surface area contributed by atoms with Crippen molar-refractivity contribution in [2.24, 2.45) is 0 Å². The van der Waals surface area contributed by atoms with Crippen molar-refractivity contribution in [3.8, 4) is 0 Å². The van der Waals surface area contributed by atoms with Gasteiger partial charge in [0.15, 0.2) is 5.82 Å². The second-order valence-electron chi connectivity index (χ2n) is 11.7. The number of piperazine rings is 1. The second kappa shape index (κ2) is 15.3. The highest BCUT2D eigenvalue weighted by molar-refractivity contribution is 6.41. The van der Waals surface area contributed by atoms with Crippen LogP contribution in [0.5, 0.6) is 0 Å². The average Bonchev–Trinajstić information content (AvgIpc) is 3.11. The number of hydrogen-bond acceptors (Lipinski definition) is 8. The molecule has 1 amide bonds. The lowest BCUT2D eigenvalue weighted by atomic mass is 10.0. The molecule has 0 unspecified atom stereocenters. The molecule has 6 rings (SSSR count). The van der Waals surface area contributed by atoms with E-state index in [4.69, 9.17) is 11.6 Å². The maximum absolute atomic E-state index is 13.0. The van der Waals surface area contributed by atoms with Gasteiger partial charge in [0, 0.05) is 48.8 Å². The number of hydrogen-bond donors (Lipinski definition) is 2. The van der Waals surface area contributed by atoms with E-state index in [0.717, 1.165) is 47.6 Å². The van der Waals surface area contributed by atoms with Crippen LogP contribution in [0.25, 0.3) is 0 Å². The lowest BCUT2D eigenvalue weighted by molar-refractivity contribution is -0.193. The van der Waals surface area contributed by atoms with Gasteiger partial charge < -0.3 is 20.4 Å². The summed E-state index contributed by atoms with van der Waals surface area (Å²) in [5.41, 5.74) is 4.60. The maximum Gasteiger partial charge on any atom is 0.458 e. The molecule has 9 nitrogen and oxygen atoms in total. The molecule has 2 N–H and O–H groups in total. The van der Waals surface area contributed by atoms with E-state index in [0.29, 0.717) is 43.0 Å². The first-order chi connectivity index (χ1) is 24.8. The Morgan fingerprint density at radius 2 is 1.34 bits per heavy atom. The summed E-state index contributed by atoms with van der Waals surface area (Å²) in [5, 5.41) is 6.96. The van der Waals surface area contributed by atoms with Crippen molar-refractivity contribution in [1.29, 1.82) is 0 Å². The lowest BCUT2D eigenvalue weighted by Crippen LogP contribution is -2.49. The van der Waals surface area contributed by atoms with Crippen molar-refractivity contribution in [3.63, 3.8) is 0 Å². The van der Waals surface area contributed by atoms with Crippen LogP contribution in [0.15, 0.2) is 72.9 Å². The van der Waals surface area contributed by atoms with Crippen LogP contribution in [0.3, 0.4) is 0 Å². The predicted molar refractivity (Wildman–Crippen MR) is 176 cm³/mol. The molecule has 2 aliphatic rings. The third-order valence-corrected chi connectivity index (χ3v) is 8.32. The van der Waals surface area contributed by atoms with Crippen molar-refractivity contribution >= 4 is 57.9 Å². The number of carbonyl (C=O) groups excluding carboxylic acids is 3. The third kappa shape index (κ3) is 9.74. The van der Waals surface area contributed by atoms with E-state index in [-0.39, 0.29) is 11.5 Å². The Morgan fingerprint density at radius 1 is 0.717 bits per heavy atom. The summed E-state index contributed by atoms with van der Waals surface area (Å²) in [7, 11) is 0. The number of Topliss-reactive ketones (excluding diaryl/α,β-unsaturated/α-hetero) is 2. The Labute approximate surface area is 299 Å². The number of ketones is 2. The molecule has 0 atom stereocenters. The number of aryl methyl sites for hydroxylation is 2. The van der Waals surface area contributed by atoms with Crippen LogP contribution in [-0.2, 0) is 28.6 Å². The zero-order valence-electron chi connectivity index (χ0n) is 27.0. The van der Waals surface area contributed by atoms with Gasteiger partial charge in [-0.25, -0.2) is 4.98 Å². The number of aromatic nitrogens is 2. The zero-order chi connectivity index (χ0) is 38.7. The van der Waals surface area contributed by atoms with Crippen molar-refractivity contribution in [2.75, 3.05) is 41.7 Å². The Bertz CT molecular complexity index is 1970. The molecule has 0 spiro atoms. The first-order valence-corrected chi connectivity index (χ1v) is 15.9. The maximum atomic E-state index is 13.0. The van der Waals surface area contributed by atoms with Crippen molar-refractivity contribution in [1.82, 2.24) is 14.9 Å². The minimum absolute atomic E-state index is 0.253. The summed E-state index contributed by atoms with van der Waals surface area (Å²) in [4.78, 5) is 45.0. The van der Waals surface area contributed by atoms with E-state index < -0.39 is 35.7 Å². The Balaban J connectivity index is 0.000000390. The van der Waals surface area contributed by atoms with Crippen LogP contribution in [0, 0.1) is 0 Å². The monoisotopic (exact) mass is 772 g/mol. The number of anilines is 5. The van der Waals surface area contributed by atoms with Gasteiger partial charge in [-0.05, 0) is 78.6 Å². The fourth-order valence-electron chi connectivity index (χ4n) is 5.43. The van der Waals surface area contributed by atoms with Gasteiger partial charge in [0.05, 0.1) is 11.8 Å². The van der Waals surface area contributed by atoms with Gasteiger partial charge in [0.2, 0.25) is 5.95 Å². The molecule has 4 aromatic rings. The molecule has 0 saturated carbocycles. The molecule has 0 aliphatic carbocycles. The number of rotatable bonds is 3. The summed E-state index contributed by atoms with van der Waals surface area (Å²) >= 11 is 6.39. The van der Waals surface area contributed by atoms with Crippen LogP contribution in [0.2, 0.25) is 5.02 Å². The standard InChI is InChI=1S/C30H26ClF3N6O.C4F6O2/c31-25-18-35-29-37-23-3-1-2-19(16-23)4-5-21-17-24(36-27(25)38-29)10-11-26(21)39-12-14-40(15-13-39)28(41)20-6-8-22(9-7-20)30(32,33)34;5-3(6,7)1(11)2(12)4(8,9)10/h1-3,6-11,16-18H,4-5,12-15H2,(H2,35,36,37,38);. The molecule has 1 aromatic heterocycles. The molecule has 2 aliphatic heterocycles. The molecule has 1 fully saturated rings. The molecular formula is C34H26ClF9N6O3. The van der Waals surface area contributed by atoms with E-state index in [9.17, 15) is 53.9 Å². The summed E-state index contributed by atoms with van der Waals surface area (Å²) in [6, 6.07) is 18.7. The van der Waals surface area contributed by atoms with Crippen LogP contribution >= 0.6 is 11.6 Å². The highest BCUT2D eigenvalue weighted by Gasteiger charge is 2.54. The van der Waals surface area contributed by atoms with E-state index in [1.165, 1.54) is 17.7 Å². The highest BCUT2D eigenvalue weighted by Crippen LogP contribution is 2.33. The number of nitrogens with zero attached hydrogens (tertiary/aromatic N) is 4. The number of benzene rings is 3. The summed E-state index contributed by atoms with van der Waals surface area (Å²) in [6.07, 6.45) is -12.8. The van der Waals surface area contributed by atoms with Gasteiger partial charge in [0.1, 0.15) is 5.02 Å². The smallest absolute Gasteiger partial charge is 0.368 e. The van der Waals surface area contributed by atoms with Gasteiger partial charge in [-0.1, -0.05) is 23.7 Å². The normalized spacial score (nSPS) is 14.6. The first-order valence-electron chi connectivity index (χ1n) is 15.5. The predicted octanol–water partition coefficient (Wildman–Crippen LogP) is 7.95. The number of halogens is 10. The minimum Gasteiger partial charge on any atom is -0.368 e. The van der Waals surface area contributed by atoms with Gasteiger partial charge in [-0.3, -0.25) is 14.4 Å². The number of amides is 1. The molecule has 0 radical (unpaired) electrons. The topological polar surface area (TPSA) is 108 Å². The van der Waals surface area contributed by atoms with E-state index in [1.54, 1.807) is 11.1 Å². The van der Waals surface area contributed by atoms with E-state index >= 15 is 0 Å². The van der Waals surface area contributed by atoms with Gasteiger partial charge >= 0.3 is 30.1 Å². The Morgan fingerprint density at radius 3 is 1.94 bits per heavy atom. The number of alkyl halides is 9. The van der Waals surface area contributed by atoms with Crippen LogP contribution in [0.4, 0.5) is 68.3 Å². The molecule has 1 saturated heterocycles. The largest absolute Gasteiger partial charge is 0.458 e. The quantitative estimate of drug-likeness (QED) is 0.160. The fourth-order valence-corrected chi connectivity index (χ4v) is 5.57. The number of fused-ring (bicyclic) bond motifs is 6. The molecule has 3 heterocycles. The average molecular weight is 773 g/mol. The van der Waals surface area contributed by atoms with Crippen molar-refractivity contribution < 1.29 is 53.9 Å². The highest BCUT2D eigenvalue weighted by atomic mass is 35.5. The molecule has 6 bridgehead atoms. The van der Waals surface area contributed by atoms with Gasteiger partial charge in [-0.15, -0.1) is 0 Å². The van der Waals surface area contributed by atoms with Crippen LogP contribution in [0.1, 0.15) is 27.0 Å². The third-order valence-electron chi connectivity index (χ3n) is 8.04. The number of nitrogens with one attached hydrogen (secondary N) is 2. The van der Waals surface area contributed by atoms with E-state index in [1.807, 2.05) is 18.2 Å². The Hall–Kier alpha value is -5.39. The van der Waals surface area contributed by atoms with E-state index in [2.05, 4.69) is 49.8 Å². The second-order valence-corrected chi connectivity index (χ2v) is 12.1. The SMILES string of the molecule is O=C(C(=O)C(F)(F)F)C(F)(F)F.O=C(c1ccc(C(F)(F)F)cc1)N1CCN(c2ccc3cc2CCc2cccc(c2)Nc2ncc(Cl)c(n2)N3)CC1.